The van der Waals surface area contributed by atoms with E-state index in [1.807, 2.05) is 6.92 Å². The van der Waals surface area contributed by atoms with Crippen molar-refractivity contribution < 1.29 is 4.79 Å². The molecule has 0 aliphatic heterocycles. The van der Waals surface area contributed by atoms with Gasteiger partial charge < -0.3 is 10.6 Å². The topological polar surface area (TPSA) is 72.1 Å². The van der Waals surface area contributed by atoms with Crippen molar-refractivity contribution in [3.05, 3.63) is 17.8 Å². The van der Waals surface area contributed by atoms with E-state index in [4.69, 9.17) is 5.73 Å². The number of hydrogen-bond acceptors (Lipinski definition) is 4. The lowest BCUT2D eigenvalue weighted by atomic mass is 10.0. The van der Waals surface area contributed by atoms with Gasteiger partial charge in [-0.05, 0) is 31.4 Å². The third-order valence-corrected chi connectivity index (χ3v) is 2.70. The van der Waals surface area contributed by atoms with E-state index in [1.54, 1.807) is 24.1 Å². The van der Waals surface area contributed by atoms with Gasteiger partial charge in [-0.3, -0.25) is 4.79 Å². The Hall–Kier alpha value is -1.65. The maximum Gasteiger partial charge on any atom is 0.274 e. The van der Waals surface area contributed by atoms with Crippen molar-refractivity contribution >= 4 is 11.7 Å². The molecule has 1 aromatic heterocycles. The molecule has 0 aliphatic carbocycles. The summed E-state index contributed by atoms with van der Waals surface area (Å²) >= 11 is 0. The van der Waals surface area contributed by atoms with Gasteiger partial charge in [0.25, 0.3) is 5.91 Å². The van der Waals surface area contributed by atoms with Crippen LogP contribution < -0.4 is 5.73 Å². The second-order valence-corrected chi connectivity index (χ2v) is 4.74. The van der Waals surface area contributed by atoms with Crippen molar-refractivity contribution in [3.8, 4) is 0 Å². The van der Waals surface area contributed by atoms with Crippen molar-refractivity contribution in [2.24, 2.45) is 5.92 Å². The number of nitrogen functional groups attached to an aromatic ring is 1. The fourth-order valence-corrected chi connectivity index (χ4v) is 1.68. The van der Waals surface area contributed by atoms with E-state index in [2.05, 4.69) is 24.0 Å². The highest BCUT2D eigenvalue weighted by atomic mass is 16.2. The molecule has 1 aromatic rings. The molecule has 1 unspecified atom stereocenters. The minimum atomic E-state index is -0.120. The van der Waals surface area contributed by atoms with Gasteiger partial charge in [0.05, 0.1) is 0 Å². The zero-order valence-corrected chi connectivity index (χ0v) is 10.8. The Labute approximate surface area is 102 Å². The molecule has 94 valence electrons. The van der Waals surface area contributed by atoms with Crippen LogP contribution in [0.1, 0.15) is 37.7 Å². The lowest BCUT2D eigenvalue weighted by molar-refractivity contribution is 0.0721. The number of nitrogens with zero attached hydrogens (tertiary/aromatic N) is 3. The predicted octanol–water partition coefficient (Wildman–Crippen LogP) is 1.57. The van der Waals surface area contributed by atoms with E-state index in [9.17, 15) is 4.79 Å². The molecular weight excluding hydrogens is 216 g/mol. The van der Waals surface area contributed by atoms with E-state index < -0.39 is 0 Å². The number of carbonyl (C=O) groups excluding carboxylic acids is 1. The molecule has 1 heterocycles. The van der Waals surface area contributed by atoms with Gasteiger partial charge in [0.15, 0.2) is 5.69 Å². The van der Waals surface area contributed by atoms with Crippen molar-refractivity contribution in [1.82, 2.24) is 15.1 Å². The molecule has 0 saturated carbocycles. The number of rotatable bonds is 4. The largest absolute Gasteiger partial charge is 0.382 e. The monoisotopic (exact) mass is 236 g/mol. The molecule has 0 fully saturated rings. The van der Waals surface area contributed by atoms with Gasteiger partial charge >= 0.3 is 0 Å². The van der Waals surface area contributed by atoms with Gasteiger partial charge in [0.1, 0.15) is 5.82 Å². The Morgan fingerprint density at radius 3 is 2.47 bits per heavy atom. The first-order valence-electron chi connectivity index (χ1n) is 5.78. The molecule has 0 spiro atoms. The maximum atomic E-state index is 12.1. The summed E-state index contributed by atoms with van der Waals surface area (Å²) in [4.78, 5) is 13.8. The number of aromatic nitrogens is 2. The SMILES string of the molecule is CC(C)CC(C)N(C)C(=O)c1ccc(N)nn1. The van der Waals surface area contributed by atoms with Gasteiger partial charge in [-0.1, -0.05) is 13.8 Å². The summed E-state index contributed by atoms with van der Waals surface area (Å²) in [6.07, 6.45) is 0.963. The zero-order valence-electron chi connectivity index (χ0n) is 10.8. The van der Waals surface area contributed by atoms with E-state index in [1.165, 1.54) is 0 Å². The lowest BCUT2D eigenvalue weighted by Crippen LogP contribution is -2.36. The first kappa shape index (κ1) is 13.4. The highest BCUT2D eigenvalue weighted by Crippen LogP contribution is 2.12. The number of amides is 1. The number of anilines is 1. The Morgan fingerprint density at radius 2 is 2.00 bits per heavy atom. The van der Waals surface area contributed by atoms with E-state index >= 15 is 0 Å². The fraction of sp³-hybridized carbons (Fsp3) is 0.583. The van der Waals surface area contributed by atoms with Crippen molar-refractivity contribution in [3.63, 3.8) is 0 Å². The Morgan fingerprint density at radius 1 is 1.35 bits per heavy atom. The molecule has 17 heavy (non-hydrogen) atoms. The molecule has 1 amide bonds. The van der Waals surface area contributed by atoms with Gasteiger partial charge in [-0.25, -0.2) is 0 Å². The molecular formula is C12H20N4O. The van der Waals surface area contributed by atoms with E-state index in [-0.39, 0.29) is 11.9 Å². The van der Waals surface area contributed by atoms with Crippen molar-refractivity contribution in [1.29, 1.82) is 0 Å². The van der Waals surface area contributed by atoms with Crippen LogP contribution in [0.2, 0.25) is 0 Å². The summed E-state index contributed by atoms with van der Waals surface area (Å²) in [6, 6.07) is 3.37. The third kappa shape index (κ3) is 3.69. The van der Waals surface area contributed by atoms with Gasteiger partial charge in [0, 0.05) is 13.1 Å². The van der Waals surface area contributed by atoms with Crippen LogP contribution in [0.15, 0.2) is 12.1 Å². The fourth-order valence-electron chi connectivity index (χ4n) is 1.68. The Balaban J connectivity index is 2.72. The standard InChI is InChI=1S/C12H20N4O/c1-8(2)7-9(3)16(4)12(17)10-5-6-11(13)15-14-10/h5-6,8-9H,7H2,1-4H3,(H2,13,15). The smallest absolute Gasteiger partial charge is 0.274 e. The van der Waals surface area contributed by atoms with Crippen LogP contribution >= 0.6 is 0 Å². The summed E-state index contributed by atoms with van der Waals surface area (Å²) in [6.45, 7) is 6.30. The lowest BCUT2D eigenvalue weighted by Gasteiger charge is -2.25. The van der Waals surface area contributed by atoms with Gasteiger partial charge in [-0.15, -0.1) is 10.2 Å². The molecule has 0 bridgehead atoms. The van der Waals surface area contributed by atoms with Crippen molar-refractivity contribution in [2.45, 2.75) is 33.2 Å². The van der Waals surface area contributed by atoms with Gasteiger partial charge in [0.2, 0.25) is 0 Å². The second kappa shape index (κ2) is 5.61. The molecule has 1 rings (SSSR count). The molecule has 0 aliphatic rings. The molecule has 5 nitrogen and oxygen atoms in total. The molecule has 0 aromatic carbocycles. The second-order valence-electron chi connectivity index (χ2n) is 4.74. The normalized spacial score (nSPS) is 12.5. The van der Waals surface area contributed by atoms with Crippen LogP contribution in [0.25, 0.3) is 0 Å². The predicted molar refractivity (Wildman–Crippen MR) is 67.5 cm³/mol. The quantitative estimate of drug-likeness (QED) is 0.861. The molecule has 5 heteroatoms. The van der Waals surface area contributed by atoms with E-state index in [0.717, 1.165) is 6.42 Å². The zero-order chi connectivity index (χ0) is 13.0. The third-order valence-electron chi connectivity index (χ3n) is 2.70. The Kier molecular flexibility index (Phi) is 4.43. The number of nitrogens with two attached hydrogens (primary N) is 1. The van der Waals surface area contributed by atoms with Crippen LogP contribution in [-0.2, 0) is 0 Å². The van der Waals surface area contributed by atoms with E-state index in [0.29, 0.717) is 17.4 Å². The average Bonchev–Trinajstić information content (AvgIpc) is 2.27. The van der Waals surface area contributed by atoms with Crippen LogP contribution in [0.4, 0.5) is 5.82 Å². The summed E-state index contributed by atoms with van der Waals surface area (Å²) < 4.78 is 0. The summed E-state index contributed by atoms with van der Waals surface area (Å²) in [7, 11) is 1.79. The molecule has 0 radical (unpaired) electrons. The summed E-state index contributed by atoms with van der Waals surface area (Å²) in [5.74, 6) is 0.753. The highest BCUT2D eigenvalue weighted by molar-refractivity contribution is 5.92. The number of carbonyl (C=O) groups is 1. The first-order chi connectivity index (χ1) is 7.91. The summed E-state index contributed by atoms with van der Waals surface area (Å²) in [5, 5.41) is 7.48. The van der Waals surface area contributed by atoms with Crippen LogP contribution in [0.5, 0.6) is 0 Å². The summed E-state index contributed by atoms with van der Waals surface area (Å²) in [5.41, 5.74) is 5.76. The number of hydrogen-bond donors (Lipinski definition) is 1. The molecule has 1 atom stereocenters. The minimum Gasteiger partial charge on any atom is -0.382 e. The van der Waals surface area contributed by atoms with Crippen LogP contribution in [0.3, 0.4) is 0 Å². The van der Waals surface area contributed by atoms with Crippen molar-refractivity contribution in [2.75, 3.05) is 12.8 Å². The van der Waals surface area contributed by atoms with Crippen LogP contribution in [0, 0.1) is 5.92 Å². The minimum absolute atomic E-state index is 0.120. The highest BCUT2D eigenvalue weighted by Gasteiger charge is 2.19. The Bertz CT molecular complexity index is 375. The molecule has 0 saturated heterocycles. The van der Waals surface area contributed by atoms with Gasteiger partial charge in [-0.2, -0.15) is 0 Å². The molecule has 2 N–H and O–H groups in total. The average molecular weight is 236 g/mol. The van der Waals surface area contributed by atoms with Crippen LogP contribution in [-0.4, -0.2) is 34.1 Å². The first-order valence-corrected chi connectivity index (χ1v) is 5.78. The maximum absolute atomic E-state index is 12.1.